The van der Waals surface area contributed by atoms with E-state index in [0.717, 1.165) is 18.2 Å². The van der Waals surface area contributed by atoms with Crippen molar-refractivity contribution in [3.63, 3.8) is 0 Å². The third kappa shape index (κ3) is 1.45. The molecule has 62 valence electrons. The Bertz CT molecular complexity index is 337. The van der Waals surface area contributed by atoms with Crippen molar-refractivity contribution in [2.75, 3.05) is 0 Å². The highest BCUT2D eigenvalue weighted by Crippen LogP contribution is 2.26. The Morgan fingerprint density at radius 1 is 1.58 bits per heavy atom. The molecule has 1 aromatic carbocycles. The summed E-state index contributed by atoms with van der Waals surface area (Å²) in [6, 6.07) is 2.92. The highest BCUT2D eigenvalue weighted by molar-refractivity contribution is 5.45. The van der Waals surface area contributed by atoms with Crippen LogP contribution in [-0.2, 0) is 4.42 Å². The average molecular weight is 170 g/mol. The molecule has 1 aromatic rings. The zero-order valence-electron chi connectivity index (χ0n) is 5.99. The Hall–Kier alpha value is -1.78. The molecule has 0 amide bonds. The summed E-state index contributed by atoms with van der Waals surface area (Å²) in [7, 11) is 0. The van der Waals surface area contributed by atoms with Crippen molar-refractivity contribution in [3.05, 3.63) is 34.1 Å². The molecule has 5 heteroatoms. The summed E-state index contributed by atoms with van der Waals surface area (Å²) in [5.74, 6) is -0.778. The molecule has 0 aromatic heterocycles. The lowest BCUT2D eigenvalue weighted by Crippen LogP contribution is -1.89. The number of benzene rings is 1. The maximum Gasteiger partial charge on any atom is 0.430 e. The third-order valence-electron chi connectivity index (χ3n) is 1.27. The summed E-state index contributed by atoms with van der Waals surface area (Å²) in [5.41, 5.74) is -0.300. The molecule has 0 heterocycles. The van der Waals surface area contributed by atoms with Gasteiger partial charge in [-0.25, -0.2) is 8.82 Å². The molecule has 0 aliphatic heterocycles. The van der Waals surface area contributed by atoms with Gasteiger partial charge in [0.25, 0.3) is 6.79 Å². The highest BCUT2D eigenvalue weighted by atomic mass is 19.1. The fourth-order valence-corrected chi connectivity index (χ4v) is 0.754. The van der Waals surface area contributed by atoms with E-state index in [0.29, 0.717) is 0 Å². The smallest absolute Gasteiger partial charge is 0.258 e. The SMILES string of the molecule is C=[O+]c1cc(F)ccc1[N+](=O)[O-]. The second-order valence-electron chi connectivity index (χ2n) is 2.01. The zero-order chi connectivity index (χ0) is 9.14. The van der Waals surface area contributed by atoms with Gasteiger partial charge >= 0.3 is 11.4 Å². The Kier molecular flexibility index (Phi) is 2.14. The number of nitro benzene ring substituents is 1. The number of halogens is 1. The molecule has 0 unspecified atom stereocenters. The Morgan fingerprint density at radius 2 is 2.25 bits per heavy atom. The van der Waals surface area contributed by atoms with Gasteiger partial charge in [-0.2, -0.15) is 0 Å². The first kappa shape index (κ1) is 8.32. The van der Waals surface area contributed by atoms with Crippen molar-refractivity contribution < 1.29 is 13.7 Å². The van der Waals surface area contributed by atoms with E-state index in [4.69, 9.17) is 0 Å². The van der Waals surface area contributed by atoms with Crippen molar-refractivity contribution in [3.8, 4) is 5.75 Å². The van der Waals surface area contributed by atoms with Crippen LogP contribution >= 0.6 is 0 Å². The molecule has 12 heavy (non-hydrogen) atoms. The van der Waals surface area contributed by atoms with E-state index in [1.807, 2.05) is 0 Å². The first-order valence-corrected chi connectivity index (χ1v) is 3.01. The summed E-state index contributed by atoms with van der Waals surface area (Å²) in [6.45, 7) is 2.97. The number of carbonyl (C=O) groups excluding carboxylic acids is 1. The van der Waals surface area contributed by atoms with Crippen molar-refractivity contribution >= 4 is 12.5 Å². The molecule has 0 radical (unpaired) electrons. The van der Waals surface area contributed by atoms with Crippen LogP contribution in [-0.4, -0.2) is 11.7 Å². The lowest BCUT2D eigenvalue weighted by atomic mass is 10.3. The van der Waals surface area contributed by atoms with Crippen LogP contribution in [0.1, 0.15) is 0 Å². The first-order valence-electron chi connectivity index (χ1n) is 3.01. The molecule has 0 N–H and O–H groups in total. The molecule has 1 rings (SSSR count). The van der Waals surface area contributed by atoms with Gasteiger partial charge in [-0.3, -0.25) is 10.1 Å². The van der Waals surface area contributed by atoms with Gasteiger partial charge in [0.05, 0.1) is 11.0 Å². The molecule has 0 atom stereocenters. The number of hydrogen-bond acceptors (Lipinski definition) is 2. The molecule has 0 aliphatic carbocycles. The predicted molar refractivity (Wildman–Crippen MR) is 39.6 cm³/mol. The van der Waals surface area contributed by atoms with E-state index in [2.05, 4.69) is 11.2 Å². The topological polar surface area (TPSA) is 54.4 Å². The van der Waals surface area contributed by atoms with E-state index in [1.54, 1.807) is 0 Å². The van der Waals surface area contributed by atoms with Gasteiger partial charge in [-0.1, -0.05) is 0 Å². The van der Waals surface area contributed by atoms with Gasteiger partial charge in [-0.15, -0.1) is 0 Å². The minimum absolute atomic E-state index is 0.181. The van der Waals surface area contributed by atoms with Crippen molar-refractivity contribution in [2.45, 2.75) is 0 Å². The Morgan fingerprint density at radius 3 is 2.75 bits per heavy atom. The van der Waals surface area contributed by atoms with Crippen LogP contribution in [0.25, 0.3) is 0 Å². The molecular weight excluding hydrogens is 165 g/mol. The van der Waals surface area contributed by atoms with Gasteiger partial charge in [0.15, 0.2) is 0 Å². The Labute approximate surface area is 67.1 Å². The second kappa shape index (κ2) is 3.08. The van der Waals surface area contributed by atoms with Crippen LogP contribution in [0.3, 0.4) is 0 Å². The maximum absolute atomic E-state index is 12.5. The van der Waals surface area contributed by atoms with Gasteiger partial charge < -0.3 is 0 Å². The average Bonchev–Trinajstić information content (AvgIpc) is 2.03. The normalized spacial score (nSPS) is 9.42. The van der Waals surface area contributed by atoms with Crippen LogP contribution in [0.4, 0.5) is 10.1 Å². The Balaban J connectivity index is 3.29. The van der Waals surface area contributed by atoms with Gasteiger partial charge in [0, 0.05) is 6.07 Å². The van der Waals surface area contributed by atoms with Crippen LogP contribution in [0.5, 0.6) is 5.75 Å². The fourth-order valence-electron chi connectivity index (χ4n) is 0.754. The number of nitrogens with zero attached hydrogens (tertiary/aromatic N) is 1. The maximum atomic E-state index is 12.5. The number of hydrogen-bond donors (Lipinski definition) is 0. The zero-order valence-corrected chi connectivity index (χ0v) is 5.99. The van der Waals surface area contributed by atoms with E-state index in [9.17, 15) is 14.5 Å². The molecule has 0 saturated heterocycles. The van der Waals surface area contributed by atoms with E-state index in [1.165, 1.54) is 0 Å². The molecule has 0 fully saturated rings. The minimum Gasteiger partial charge on any atom is -0.258 e. The van der Waals surface area contributed by atoms with Crippen molar-refractivity contribution in [1.29, 1.82) is 0 Å². The largest absolute Gasteiger partial charge is 0.430 e. The molecule has 4 nitrogen and oxygen atoms in total. The molecule has 0 saturated carbocycles. The van der Waals surface area contributed by atoms with Crippen molar-refractivity contribution in [2.24, 2.45) is 0 Å². The summed E-state index contributed by atoms with van der Waals surface area (Å²) in [5, 5.41) is 10.3. The summed E-state index contributed by atoms with van der Waals surface area (Å²) in [4.78, 5) is 9.60. The molecule has 0 spiro atoms. The van der Waals surface area contributed by atoms with Crippen LogP contribution in [0.2, 0.25) is 0 Å². The first-order chi connectivity index (χ1) is 5.65. The lowest BCUT2D eigenvalue weighted by molar-refractivity contribution is -0.414. The van der Waals surface area contributed by atoms with Gasteiger partial charge in [0.1, 0.15) is 5.82 Å². The summed E-state index contributed by atoms with van der Waals surface area (Å²) < 4.78 is 16.8. The van der Waals surface area contributed by atoms with Crippen molar-refractivity contribution in [1.82, 2.24) is 0 Å². The van der Waals surface area contributed by atoms with Gasteiger partial charge in [0.2, 0.25) is 0 Å². The van der Waals surface area contributed by atoms with E-state index >= 15 is 0 Å². The summed E-state index contributed by atoms with van der Waals surface area (Å²) in [6.07, 6.45) is 0. The third-order valence-corrected chi connectivity index (χ3v) is 1.27. The highest BCUT2D eigenvalue weighted by Gasteiger charge is 2.22. The second-order valence-corrected chi connectivity index (χ2v) is 2.01. The van der Waals surface area contributed by atoms with E-state index < -0.39 is 10.7 Å². The predicted octanol–water partition coefficient (Wildman–Crippen LogP) is 1.81. The number of rotatable bonds is 2. The van der Waals surface area contributed by atoms with Crippen LogP contribution in [0, 0.1) is 15.9 Å². The monoisotopic (exact) mass is 170 g/mol. The molecular formula is C7H5FNO3+. The molecule has 0 aliphatic rings. The quantitative estimate of drug-likeness (QED) is 0.386. The minimum atomic E-state index is -0.667. The van der Waals surface area contributed by atoms with Gasteiger partial charge in [-0.05, 0) is 6.07 Å². The lowest BCUT2D eigenvalue weighted by Gasteiger charge is -1.87. The van der Waals surface area contributed by atoms with Crippen LogP contribution < -0.4 is 0 Å². The van der Waals surface area contributed by atoms with Crippen LogP contribution in [0.15, 0.2) is 18.2 Å². The summed E-state index contributed by atoms with van der Waals surface area (Å²) >= 11 is 0. The number of nitro groups is 1. The fraction of sp³-hybridized carbons (Fsp3) is 0. The standard InChI is InChI=1S/C7H5FNO3/c1-12-7-4-5(8)2-3-6(7)9(10)11/h2-4H,1H2/q+1. The van der Waals surface area contributed by atoms with E-state index in [-0.39, 0.29) is 11.4 Å². The molecule has 0 bridgehead atoms.